The van der Waals surface area contributed by atoms with Gasteiger partial charge in [-0.25, -0.2) is 0 Å². The highest BCUT2D eigenvalue weighted by molar-refractivity contribution is 6.32. The number of carbonyl (C=O) groups excluding carboxylic acids is 2. The topological polar surface area (TPSA) is 114 Å². The molecule has 2 aromatic carbocycles. The molecule has 0 heterocycles. The quantitative estimate of drug-likeness (QED) is 0.415. The van der Waals surface area contributed by atoms with E-state index >= 15 is 0 Å². The van der Waals surface area contributed by atoms with Crippen molar-refractivity contribution in [1.29, 1.82) is 0 Å². The SMILES string of the molecule is O=C(NCCNC(=O)c1ccc(OC(F)(F)F)c(Cl)c1)c1ccc(O[C@H]2CC[C@@H](C(=O)O)CC2)cc1. The summed E-state index contributed by atoms with van der Waals surface area (Å²) >= 11 is 5.74. The number of halogens is 4. The second-order valence-electron chi connectivity index (χ2n) is 8.16. The smallest absolute Gasteiger partial charge is 0.490 e. The van der Waals surface area contributed by atoms with Crippen molar-refractivity contribution < 1.29 is 42.1 Å². The summed E-state index contributed by atoms with van der Waals surface area (Å²) in [6.45, 7) is 0.182. The van der Waals surface area contributed by atoms with E-state index in [1.54, 1.807) is 24.3 Å². The normalized spacial score (nSPS) is 17.7. The third-order valence-electron chi connectivity index (χ3n) is 5.56. The number of hydrogen-bond acceptors (Lipinski definition) is 5. The molecule has 0 aromatic heterocycles. The van der Waals surface area contributed by atoms with Crippen molar-refractivity contribution in [3.05, 3.63) is 58.6 Å². The van der Waals surface area contributed by atoms with Crippen LogP contribution in [0.3, 0.4) is 0 Å². The van der Waals surface area contributed by atoms with E-state index in [2.05, 4.69) is 15.4 Å². The summed E-state index contributed by atoms with van der Waals surface area (Å²) in [6.07, 6.45) is -2.51. The van der Waals surface area contributed by atoms with Crippen LogP contribution < -0.4 is 20.1 Å². The molecule has 0 unspecified atom stereocenters. The zero-order valence-electron chi connectivity index (χ0n) is 18.9. The van der Waals surface area contributed by atoms with Gasteiger partial charge in [0.25, 0.3) is 11.8 Å². The van der Waals surface area contributed by atoms with Crippen LogP contribution in [0.1, 0.15) is 46.4 Å². The Balaban J connectivity index is 1.40. The van der Waals surface area contributed by atoms with Gasteiger partial charge in [0.2, 0.25) is 0 Å². The molecule has 2 aromatic rings. The van der Waals surface area contributed by atoms with Crippen LogP contribution in [0.2, 0.25) is 5.02 Å². The monoisotopic (exact) mass is 528 g/mol. The lowest BCUT2D eigenvalue weighted by Crippen LogP contribution is -2.34. The van der Waals surface area contributed by atoms with E-state index in [-0.39, 0.29) is 41.6 Å². The van der Waals surface area contributed by atoms with Gasteiger partial charge in [-0.05, 0) is 68.1 Å². The van der Waals surface area contributed by atoms with Gasteiger partial charge in [-0.3, -0.25) is 14.4 Å². The second-order valence-corrected chi connectivity index (χ2v) is 8.57. The molecule has 1 aliphatic rings. The minimum Gasteiger partial charge on any atom is -0.490 e. The fraction of sp³-hybridized carbons (Fsp3) is 0.375. The summed E-state index contributed by atoms with van der Waals surface area (Å²) < 4.78 is 46.5. The van der Waals surface area contributed by atoms with E-state index < -0.39 is 24.0 Å². The first-order chi connectivity index (χ1) is 17.0. The van der Waals surface area contributed by atoms with Crippen molar-refractivity contribution in [2.24, 2.45) is 5.92 Å². The zero-order valence-corrected chi connectivity index (χ0v) is 19.7. The molecule has 0 radical (unpaired) electrons. The summed E-state index contributed by atoms with van der Waals surface area (Å²) in [6, 6.07) is 9.66. The van der Waals surface area contributed by atoms with Gasteiger partial charge in [0, 0.05) is 24.2 Å². The van der Waals surface area contributed by atoms with Crippen LogP contribution in [0.25, 0.3) is 0 Å². The molecule has 8 nitrogen and oxygen atoms in total. The molecule has 0 saturated heterocycles. The Morgan fingerprint density at radius 3 is 2.00 bits per heavy atom. The highest BCUT2D eigenvalue weighted by Gasteiger charge is 2.32. The summed E-state index contributed by atoms with van der Waals surface area (Å²) in [7, 11) is 0. The first kappa shape index (κ1) is 27.1. The van der Waals surface area contributed by atoms with Crippen LogP contribution in [0, 0.1) is 5.92 Å². The summed E-state index contributed by atoms with van der Waals surface area (Å²) in [4.78, 5) is 35.5. The van der Waals surface area contributed by atoms with E-state index in [4.69, 9.17) is 21.4 Å². The molecule has 12 heteroatoms. The molecule has 194 valence electrons. The Morgan fingerprint density at radius 2 is 1.47 bits per heavy atom. The fourth-order valence-electron chi connectivity index (χ4n) is 3.71. The van der Waals surface area contributed by atoms with Crippen molar-refractivity contribution in [2.45, 2.75) is 38.1 Å². The standard InChI is InChI=1S/C24H24ClF3N2O6/c25-19-13-16(5-10-20(19)36-24(26,27)28)22(32)30-12-11-29-21(31)14-1-6-17(7-2-14)35-18-8-3-15(4-9-18)23(33)34/h1-2,5-7,10,13,15,18H,3-4,8-9,11-12H2,(H,29,31)(H,30,32)(H,33,34)/t15-,18+. The van der Waals surface area contributed by atoms with E-state index in [0.717, 1.165) is 18.2 Å². The molecule has 0 atom stereocenters. The van der Waals surface area contributed by atoms with Gasteiger partial charge in [-0.15, -0.1) is 13.2 Å². The molecular weight excluding hydrogens is 505 g/mol. The second kappa shape index (κ2) is 12.0. The molecule has 3 N–H and O–H groups in total. The lowest BCUT2D eigenvalue weighted by Gasteiger charge is -2.26. The fourth-order valence-corrected chi connectivity index (χ4v) is 3.93. The van der Waals surface area contributed by atoms with E-state index in [0.29, 0.717) is 37.0 Å². The Labute approximate surface area is 209 Å². The summed E-state index contributed by atoms with van der Waals surface area (Å²) in [5, 5.41) is 13.9. The van der Waals surface area contributed by atoms with Crippen molar-refractivity contribution in [3.8, 4) is 11.5 Å². The van der Waals surface area contributed by atoms with E-state index in [1.165, 1.54) is 0 Å². The number of benzene rings is 2. The predicted octanol–water partition coefficient (Wildman–Crippen LogP) is 4.42. The third-order valence-corrected chi connectivity index (χ3v) is 5.85. The number of rotatable bonds is 9. The van der Waals surface area contributed by atoms with Gasteiger partial charge in [0.05, 0.1) is 17.0 Å². The zero-order chi connectivity index (χ0) is 26.3. The van der Waals surface area contributed by atoms with E-state index in [9.17, 15) is 27.6 Å². The number of carboxylic acid groups (broad SMARTS) is 1. The van der Waals surface area contributed by atoms with Crippen LogP contribution in [0.4, 0.5) is 13.2 Å². The maximum Gasteiger partial charge on any atom is 0.573 e. The Morgan fingerprint density at radius 1 is 0.917 bits per heavy atom. The van der Waals surface area contributed by atoms with Crippen LogP contribution in [0.5, 0.6) is 11.5 Å². The Bertz CT molecular complexity index is 1090. The predicted molar refractivity (Wildman–Crippen MR) is 123 cm³/mol. The maximum atomic E-state index is 12.3. The van der Waals surface area contributed by atoms with Crippen LogP contribution in [-0.4, -0.2) is 48.4 Å². The molecule has 36 heavy (non-hydrogen) atoms. The minimum absolute atomic E-state index is 0.0351. The van der Waals surface area contributed by atoms with Gasteiger partial charge in [0.1, 0.15) is 11.5 Å². The molecular formula is C24H24ClF3N2O6. The van der Waals surface area contributed by atoms with Gasteiger partial charge in [0.15, 0.2) is 0 Å². The molecule has 0 bridgehead atoms. The number of aliphatic carboxylic acids is 1. The van der Waals surface area contributed by atoms with Crippen molar-refractivity contribution in [2.75, 3.05) is 13.1 Å². The van der Waals surface area contributed by atoms with Crippen molar-refractivity contribution in [1.82, 2.24) is 10.6 Å². The minimum atomic E-state index is -4.90. The van der Waals surface area contributed by atoms with Gasteiger partial charge >= 0.3 is 12.3 Å². The number of carboxylic acids is 1. The summed E-state index contributed by atoms with van der Waals surface area (Å²) in [5.74, 6) is -2.07. The van der Waals surface area contributed by atoms with Crippen molar-refractivity contribution >= 4 is 29.4 Å². The summed E-state index contributed by atoms with van der Waals surface area (Å²) in [5.41, 5.74) is 0.420. The van der Waals surface area contributed by atoms with Gasteiger partial charge < -0.3 is 25.2 Å². The highest BCUT2D eigenvalue weighted by atomic mass is 35.5. The van der Waals surface area contributed by atoms with Crippen molar-refractivity contribution in [3.63, 3.8) is 0 Å². The number of carbonyl (C=O) groups is 3. The van der Waals surface area contributed by atoms with Crippen LogP contribution in [0.15, 0.2) is 42.5 Å². The molecule has 1 aliphatic carbocycles. The average molecular weight is 529 g/mol. The molecule has 0 aliphatic heterocycles. The number of hydrogen-bond donors (Lipinski definition) is 3. The largest absolute Gasteiger partial charge is 0.573 e. The average Bonchev–Trinajstić information content (AvgIpc) is 2.83. The lowest BCUT2D eigenvalue weighted by molar-refractivity contribution is -0.274. The molecule has 0 spiro atoms. The lowest BCUT2D eigenvalue weighted by atomic mass is 9.87. The Hall–Kier alpha value is -3.47. The van der Waals surface area contributed by atoms with Gasteiger partial charge in [-0.1, -0.05) is 11.6 Å². The highest BCUT2D eigenvalue weighted by Crippen LogP contribution is 2.31. The number of ether oxygens (including phenoxy) is 2. The van der Waals surface area contributed by atoms with Crippen LogP contribution >= 0.6 is 11.6 Å². The first-order valence-electron chi connectivity index (χ1n) is 11.1. The third kappa shape index (κ3) is 8.04. The van der Waals surface area contributed by atoms with Crippen LogP contribution in [-0.2, 0) is 4.79 Å². The molecule has 3 rings (SSSR count). The molecule has 1 fully saturated rings. The molecule has 1 saturated carbocycles. The molecule has 2 amide bonds. The number of alkyl halides is 3. The van der Waals surface area contributed by atoms with Gasteiger partial charge in [-0.2, -0.15) is 0 Å². The maximum absolute atomic E-state index is 12.3. The first-order valence-corrected chi connectivity index (χ1v) is 11.5. The number of amides is 2. The van der Waals surface area contributed by atoms with E-state index in [1.807, 2.05) is 0 Å². The number of nitrogens with one attached hydrogen (secondary N) is 2. The Kier molecular flexibility index (Phi) is 9.03.